The maximum Gasteiger partial charge on any atom is 0.232 e. The van der Waals surface area contributed by atoms with Crippen LogP contribution >= 0.6 is 0 Å². The summed E-state index contributed by atoms with van der Waals surface area (Å²) in [4.78, 5) is 8.98. The molecule has 0 N–H and O–H groups in total. The zero-order valence-corrected chi connectivity index (χ0v) is 21.0. The topological polar surface area (TPSA) is 35.0 Å². The number of rotatable bonds is 18. The SMILES string of the molecule is CCCCCCCCCCCCc1ccc(-c2cnc(OCCC[C@@H](C)CC)cn2)cc1. The van der Waals surface area contributed by atoms with Crippen LogP contribution in [0.2, 0.25) is 0 Å². The highest BCUT2D eigenvalue weighted by atomic mass is 16.5. The largest absolute Gasteiger partial charge is 0.477 e. The minimum Gasteiger partial charge on any atom is -0.477 e. The molecule has 2 aromatic rings. The Labute approximate surface area is 197 Å². The number of benzene rings is 1. The van der Waals surface area contributed by atoms with Gasteiger partial charge in [-0.25, -0.2) is 9.97 Å². The first-order valence-corrected chi connectivity index (χ1v) is 13.3. The third kappa shape index (κ3) is 11.1. The fourth-order valence-corrected chi connectivity index (χ4v) is 4.01. The number of nitrogens with zero attached hydrogens (tertiary/aromatic N) is 2. The molecule has 3 nitrogen and oxygen atoms in total. The van der Waals surface area contributed by atoms with Crippen molar-refractivity contribution >= 4 is 0 Å². The van der Waals surface area contributed by atoms with Crippen molar-refractivity contribution in [2.75, 3.05) is 6.61 Å². The van der Waals surface area contributed by atoms with Crippen LogP contribution in [0.4, 0.5) is 0 Å². The van der Waals surface area contributed by atoms with E-state index in [1.54, 1.807) is 6.20 Å². The molecular weight excluding hydrogens is 392 g/mol. The molecule has 2 rings (SSSR count). The molecule has 32 heavy (non-hydrogen) atoms. The first kappa shape index (κ1) is 26.4. The molecule has 0 saturated carbocycles. The highest BCUT2D eigenvalue weighted by molar-refractivity contribution is 5.58. The lowest BCUT2D eigenvalue weighted by molar-refractivity contribution is 0.283. The highest BCUT2D eigenvalue weighted by Crippen LogP contribution is 2.20. The first-order chi connectivity index (χ1) is 15.7. The van der Waals surface area contributed by atoms with Gasteiger partial charge in [-0.3, -0.25) is 0 Å². The van der Waals surface area contributed by atoms with Gasteiger partial charge in [-0.15, -0.1) is 0 Å². The molecule has 0 unspecified atom stereocenters. The van der Waals surface area contributed by atoms with E-state index in [1.807, 2.05) is 6.20 Å². The van der Waals surface area contributed by atoms with Crippen molar-refractivity contribution in [2.45, 2.75) is 111 Å². The molecule has 0 radical (unpaired) electrons. The van der Waals surface area contributed by atoms with Crippen LogP contribution in [0.15, 0.2) is 36.7 Å². The Kier molecular flexibility index (Phi) is 13.7. The number of aryl methyl sites for hydroxylation is 1. The summed E-state index contributed by atoms with van der Waals surface area (Å²) in [5, 5.41) is 0. The highest BCUT2D eigenvalue weighted by Gasteiger charge is 2.04. The van der Waals surface area contributed by atoms with Gasteiger partial charge >= 0.3 is 0 Å². The van der Waals surface area contributed by atoms with Crippen LogP contribution in [0.3, 0.4) is 0 Å². The van der Waals surface area contributed by atoms with Crippen LogP contribution in [0.25, 0.3) is 11.3 Å². The van der Waals surface area contributed by atoms with Gasteiger partial charge in [0.25, 0.3) is 0 Å². The summed E-state index contributed by atoms with van der Waals surface area (Å²) in [6.45, 7) is 7.52. The van der Waals surface area contributed by atoms with Gasteiger partial charge in [0.05, 0.1) is 24.7 Å². The lowest BCUT2D eigenvalue weighted by atomic mass is 10.0. The van der Waals surface area contributed by atoms with Crippen LogP contribution in [0, 0.1) is 5.92 Å². The molecule has 0 amide bonds. The lowest BCUT2D eigenvalue weighted by Gasteiger charge is -2.09. The molecule has 3 heteroatoms. The van der Waals surface area contributed by atoms with Crippen molar-refractivity contribution in [1.29, 1.82) is 0 Å². The van der Waals surface area contributed by atoms with Crippen LogP contribution in [0.1, 0.15) is 110 Å². The Hall–Kier alpha value is -1.90. The number of unbranched alkanes of at least 4 members (excludes halogenated alkanes) is 9. The van der Waals surface area contributed by atoms with Crippen molar-refractivity contribution in [3.05, 3.63) is 42.2 Å². The van der Waals surface area contributed by atoms with Crippen molar-refractivity contribution in [3.63, 3.8) is 0 Å². The normalized spacial score (nSPS) is 12.1. The standard InChI is InChI=1S/C29H46N2O/c1-4-6-7-8-9-10-11-12-13-14-17-26-18-20-27(21-19-26)28-23-31-29(24-30-28)32-22-15-16-25(3)5-2/h18-21,23-25H,4-17,22H2,1-3H3/t25-/m0/s1. The lowest BCUT2D eigenvalue weighted by Crippen LogP contribution is -2.02. The number of hydrogen-bond donors (Lipinski definition) is 0. The van der Waals surface area contributed by atoms with Gasteiger partial charge in [0.1, 0.15) is 0 Å². The Bertz CT molecular complexity index is 696. The zero-order valence-electron chi connectivity index (χ0n) is 21.0. The second kappa shape index (κ2) is 16.7. The number of aromatic nitrogens is 2. The maximum atomic E-state index is 5.74. The second-order valence-electron chi connectivity index (χ2n) is 9.37. The zero-order chi connectivity index (χ0) is 22.9. The van der Waals surface area contributed by atoms with Gasteiger partial charge in [0.15, 0.2) is 0 Å². The van der Waals surface area contributed by atoms with E-state index in [0.717, 1.165) is 23.6 Å². The summed E-state index contributed by atoms with van der Waals surface area (Å²) in [7, 11) is 0. The second-order valence-corrected chi connectivity index (χ2v) is 9.37. The molecule has 1 heterocycles. The monoisotopic (exact) mass is 438 g/mol. The minimum absolute atomic E-state index is 0.621. The van der Waals surface area contributed by atoms with E-state index in [1.165, 1.54) is 89.0 Å². The molecule has 0 fully saturated rings. The fourth-order valence-electron chi connectivity index (χ4n) is 4.01. The molecule has 0 aliphatic carbocycles. The number of hydrogen-bond acceptors (Lipinski definition) is 3. The van der Waals surface area contributed by atoms with Gasteiger partial charge < -0.3 is 4.74 Å². The van der Waals surface area contributed by atoms with Crippen molar-refractivity contribution in [1.82, 2.24) is 9.97 Å². The molecule has 0 aliphatic rings. The smallest absolute Gasteiger partial charge is 0.232 e. The summed E-state index contributed by atoms with van der Waals surface area (Å²) in [6.07, 6.45) is 22.1. The van der Waals surface area contributed by atoms with Crippen LogP contribution < -0.4 is 4.74 Å². The summed E-state index contributed by atoms with van der Waals surface area (Å²) >= 11 is 0. The predicted molar refractivity (Wildman–Crippen MR) is 137 cm³/mol. The molecule has 0 bridgehead atoms. The summed E-state index contributed by atoms with van der Waals surface area (Å²) < 4.78 is 5.74. The van der Waals surface area contributed by atoms with E-state index in [4.69, 9.17) is 4.74 Å². The van der Waals surface area contributed by atoms with Gasteiger partial charge in [-0.1, -0.05) is 109 Å². The third-order valence-corrected chi connectivity index (χ3v) is 6.48. The molecular formula is C29H46N2O. The molecule has 1 aromatic carbocycles. The Morgan fingerprint density at radius 3 is 2.00 bits per heavy atom. The summed E-state index contributed by atoms with van der Waals surface area (Å²) in [5.74, 6) is 1.38. The predicted octanol–water partition coefficient (Wildman–Crippen LogP) is 8.81. The molecule has 0 aliphatic heterocycles. The van der Waals surface area contributed by atoms with E-state index >= 15 is 0 Å². The van der Waals surface area contributed by atoms with Crippen LogP contribution in [0.5, 0.6) is 5.88 Å². The van der Waals surface area contributed by atoms with E-state index in [-0.39, 0.29) is 0 Å². The summed E-state index contributed by atoms with van der Waals surface area (Å²) in [5.41, 5.74) is 3.44. The van der Waals surface area contributed by atoms with Crippen LogP contribution in [-0.4, -0.2) is 16.6 Å². The Morgan fingerprint density at radius 1 is 0.750 bits per heavy atom. The average Bonchev–Trinajstić information content (AvgIpc) is 2.83. The van der Waals surface area contributed by atoms with Crippen molar-refractivity contribution in [3.8, 4) is 17.1 Å². The molecule has 0 saturated heterocycles. The molecule has 178 valence electrons. The van der Waals surface area contributed by atoms with Crippen LogP contribution in [-0.2, 0) is 6.42 Å². The van der Waals surface area contributed by atoms with E-state index in [2.05, 4.69) is 55.0 Å². The van der Waals surface area contributed by atoms with Crippen molar-refractivity contribution < 1.29 is 4.74 Å². The first-order valence-electron chi connectivity index (χ1n) is 13.3. The average molecular weight is 439 g/mol. The Morgan fingerprint density at radius 2 is 1.41 bits per heavy atom. The Balaban J connectivity index is 1.61. The van der Waals surface area contributed by atoms with Gasteiger partial charge in [-0.2, -0.15) is 0 Å². The van der Waals surface area contributed by atoms with Gasteiger partial charge in [0.2, 0.25) is 5.88 Å². The van der Waals surface area contributed by atoms with Gasteiger partial charge in [-0.05, 0) is 37.2 Å². The van der Waals surface area contributed by atoms with Gasteiger partial charge in [0, 0.05) is 5.56 Å². The maximum absolute atomic E-state index is 5.74. The third-order valence-electron chi connectivity index (χ3n) is 6.48. The molecule has 1 atom stereocenters. The van der Waals surface area contributed by atoms with E-state index in [9.17, 15) is 0 Å². The molecule has 0 spiro atoms. The molecule has 1 aromatic heterocycles. The van der Waals surface area contributed by atoms with Crippen molar-refractivity contribution in [2.24, 2.45) is 5.92 Å². The quantitative estimate of drug-likeness (QED) is 0.218. The number of ether oxygens (including phenoxy) is 1. The fraction of sp³-hybridized carbons (Fsp3) is 0.655. The minimum atomic E-state index is 0.621. The summed E-state index contributed by atoms with van der Waals surface area (Å²) in [6, 6.07) is 8.82. The van der Waals surface area contributed by atoms with E-state index in [0.29, 0.717) is 12.5 Å². The van der Waals surface area contributed by atoms with E-state index < -0.39 is 0 Å².